The number of hydrogen-bond donors (Lipinski definition) is 0. The van der Waals surface area contributed by atoms with E-state index in [1.165, 1.54) is 4.57 Å². The van der Waals surface area contributed by atoms with Gasteiger partial charge in [0, 0.05) is 12.7 Å². The summed E-state index contributed by atoms with van der Waals surface area (Å²) in [6, 6.07) is 5.30. The molecule has 0 aliphatic rings. The van der Waals surface area contributed by atoms with Crippen LogP contribution in [0.25, 0.3) is 15.7 Å². The Morgan fingerprint density at radius 3 is 2.74 bits per heavy atom. The van der Waals surface area contributed by atoms with Crippen molar-refractivity contribution in [3.05, 3.63) is 50.0 Å². The number of esters is 1. The first-order chi connectivity index (χ1) is 11.1. The maximum absolute atomic E-state index is 12.7. The Morgan fingerprint density at radius 2 is 2.04 bits per heavy atom. The van der Waals surface area contributed by atoms with E-state index in [1.54, 1.807) is 35.7 Å². The van der Waals surface area contributed by atoms with E-state index in [4.69, 9.17) is 4.74 Å². The van der Waals surface area contributed by atoms with Crippen molar-refractivity contribution in [1.29, 1.82) is 0 Å². The summed E-state index contributed by atoms with van der Waals surface area (Å²) in [6.45, 7) is 4.21. The number of rotatable bonds is 4. The number of carbonyl (C=O) groups excluding carboxylic acids is 1. The van der Waals surface area contributed by atoms with Crippen molar-refractivity contribution in [2.45, 2.75) is 26.8 Å². The summed E-state index contributed by atoms with van der Waals surface area (Å²) in [5, 5.41) is 0. The highest BCUT2D eigenvalue weighted by molar-refractivity contribution is 7.16. The van der Waals surface area contributed by atoms with Crippen LogP contribution in [0.1, 0.15) is 30.6 Å². The van der Waals surface area contributed by atoms with Gasteiger partial charge in [0.1, 0.15) is 11.1 Å². The van der Waals surface area contributed by atoms with Gasteiger partial charge < -0.3 is 9.14 Å². The number of fused-ring (bicyclic) bond motifs is 3. The molecule has 3 aromatic heterocycles. The lowest BCUT2D eigenvalue weighted by Gasteiger charge is -2.02. The zero-order valence-electron chi connectivity index (χ0n) is 12.9. The quantitative estimate of drug-likeness (QED) is 0.687. The van der Waals surface area contributed by atoms with E-state index in [-0.39, 0.29) is 22.6 Å². The molecule has 0 saturated heterocycles. The van der Waals surface area contributed by atoms with Crippen LogP contribution in [0.5, 0.6) is 0 Å². The molecule has 6 nitrogen and oxygen atoms in total. The van der Waals surface area contributed by atoms with Crippen molar-refractivity contribution in [3.8, 4) is 0 Å². The molecule has 0 saturated carbocycles. The van der Waals surface area contributed by atoms with Gasteiger partial charge >= 0.3 is 10.8 Å². The Morgan fingerprint density at radius 1 is 1.26 bits per heavy atom. The summed E-state index contributed by atoms with van der Waals surface area (Å²) in [6.07, 6.45) is 2.40. The van der Waals surface area contributed by atoms with Gasteiger partial charge in [-0.3, -0.25) is 14.2 Å². The molecule has 0 amide bonds. The van der Waals surface area contributed by atoms with Gasteiger partial charge in [-0.2, -0.15) is 0 Å². The fourth-order valence-corrected chi connectivity index (χ4v) is 3.69. The molecule has 3 rings (SSSR count). The molecular formula is C16H16N2O4S. The van der Waals surface area contributed by atoms with Crippen LogP contribution in [0, 0.1) is 0 Å². The lowest BCUT2D eigenvalue weighted by Crippen LogP contribution is -2.31. The smallest absolute Gasteiger partial charge is 0.341 e. The lowest BCUT2D eigenvalue weighted by atomic mass is 10.2. The first-order valence-electron chi connectivity index (χ1n) is 7.44. The van der Waals surface area contributed by atoms with Crippen LogP contribution in [0.3, 0.4) is 0 Å². The highest BCUT2D eigenvalue weighted by Gasteiger charge is 2.23. The number of pyridine rings is 1. The fraction of sp³-hybridized carbons (Fsp3) is 0.312. The predicted molar refractivity (Wildman–Crippen MR) is 89.6 cm³/mol. The van der Waals surface area contributed by atoms with Crippen molar-refractivity contribution in [1.82, 2.24) is 8.97 Å². The Labute approximate surface area is 135 Å². The zero-order valence-corrected chi connectivity index (χ0v) is 13.7. The minimum absolute atomic E-state index is 0.228. The predicted octanol–water partition coefficient (Wildman–Crippen LogP) is 2.26. The van der Waals surface area contributed by atoms with E-state index >= 15 is 0 Å². The number of nitrogens with zero attached hydrogens (tertiary/aromatic N) is 2. The largest absolute Gasteiger partial charge is 0.462 e. The second-order valence-electron chi connectivity index (χ2n) is 5.05. The molecular weight excluding hydrogens is 316 g/mol. The number of ether oxygens (including phenoxy) is 1. The highest BCUT2D eigenvalue weighted by Crippen LogP contribution is 2.27. The van der Waals surface area contributed by atoms with Crippen LogP contribution >= 0.6 is 11.3 Å². The van der Waals surface area contributed by atoms with Crippen LogP contribution in [-0.2, 0) is 11.3 Å². The molecule has 0 radical (unpaired) electrons. The van der Waals surface area contributed by atoms with Gasteiger partial charge in [-0.05, 0) is 25.5 Å². The summed E-state index contributed by atoms with van der Waals surface area (Å²) >= 11 is 0.915. The second-order valence-corrected chi connectivity index (χ2v) is 6.02. The third-order valence-corrected chi connectivity index (χ3v) is 4.58. The van der Waals surface area contributed by atoms with Crippen molar-refractivity contribution in [2.24, 2.45) is 0 Å². The molecule has 0 bridgehead atoms. The molecule has 0 N–H and O–H groups in total. The first-order valence-corrected chi connectivity index (χ1v) is 8.25. The molecule has 0 spiro atoms. The lowest BCUT2D eigenvalue weighted by molar-refractivity contribution is 0.0531. The minimum atomic E-state index is -0.519. The van der Waals surface area contributed by atoms with Crippen LogP contribution in [-0.4, -0.2) is 21.5 Å². The normalized spacial score (nSPS) is 11.2. The third kappa shape index (κ3) is 2.37. The number of aromatic nitrogens is 2. The van der Waals surface area contributed by atoms with Crippen LogP contribution in [0.15, 0.2) is 34.0 Å². The average Bonchev–Trinajstić information content (AvgIpc) is 2.85. The molecule has 0 aromatic carbocycles. The maximum atomic E-state index is 12.7. The van der Waals surface area contributed by atoms with Crippen LogP contribution in [0.4, 0.5) is 0 Å². The van der Waals surface area contributed by atoms with E-state index in [2.05, 4.69) is 0 Å². The van der Waals surface area contributed by atoms with E-state index in [0.29, 0.717) is 28.7 Å². The fourth-order valence-electron chi connectivity index (χ4n) is 2.66. The minimum Gasteiger partial charge on any atom is -0.462 e. The van der Waals surface area contributed by atoms with Crippen molar-refractivity contribution >= 4 is 33.0 Å². The second kappa shape index (κ2) is 6.00. The molecule has 3 heterocycles. The van der Waals surface area contributed by atoms with Crippen molar-refractivity contribution in [2.75, 3.05) is 6.61 Å². The molecule has 3 aromatic rings. The van der Waals surface area contributed by atoms with Gasteiger partial charge in [0.15, 0.2) is 0 Å². The Hall–Kier alpha value is -2.41. The monoisotopic (exact) mass is 332 g/mol. The van der Waals surface area contributed by atoms with E-state index in [0.717, 1.165) is 11.3 Å². The van der Waals surface area contributed by atoms with E-state index in [9.17, 15) is 14.4 Å². The average molecular weight is 332 g/mol. The summed E-state index contributed by atoms with van der Waals surface area (Å²) in [5.41, 5.74) is 0.831. The maximum Gasteiger partial charge on any atom is 0.341 e. The van der Waals surface area contributed by atoms with Gasteiger partial charge in [-0.15, -0.1) is 0 Å². The summed E-state index contributed by atoms with van der Waals surface area (Å²) in [4.78, 5) is 37.0. The van der Waals surface area contributed by atoms with Crippen molar-refractivity contribution in [3.63, 3.8) is 0 Å². The summed E-state index contributed by atoms with van der Waals surface area (Å²) in [7, 11) is 0. The van der Waals surface area contributed by atoms with E-state index in [1.807, 2.05) is 6.92 Å². The Kier molecular flexibility index (Phi) is 4.04. The molecule has 7 heteroatoms. The molecule has 23 heavy (non-hydrogen) atoms. The molecule has 0 aliphatic heterocycles. The van der Waals surface area contributed by atoms with Gasteiger partial charge in [0.05, 0.1) is 16.8 Å². The molecule has 0 atom stereocenters. The van der Waals surface area contributed by atoms with Crippen molar-refractivity contribution < 1.29 is 9.53 Å². The van der Waals surface area contributed by atoms with E-state index < -0.39 is 5.97 Å². The third-order valence-electron chi connectivity index (χ3n) is 3.58. The number of hydrogen-bond acceptors (Lipinski definition) is 5. The molecule has 120 valence electrons. The Bertz CT molecular complexity index is 1010. The zero-order chi connectivity index (χ0) is 16.6. The van der Waals surface area contributed by atoms with Crippen LogP contribution in [0.2, 0.25) is 0 Å². The first kappa shape index (κ1) is 15.5. The molecule has 0 fully saturated rings. The van der Waals surface area contributed by atoms with Gasteiger partial charge in [-0.1, -0.05) is 24.3 Å². The SMILES string of the molecule is CCCn1c(=O)sc2c(C(=O)OCC)c3ccccn3c2c1=O. The topological polar surface area (TPSA) is 69.8 Å². The summed E-state index contributed by atoms with van der Waals surface area (Å²) < 4.78 is 8.37. The van der Waals surface area contributed by atoms with Gasteiger partial charge in [0.25, 0.3) is 5.56 Å². The molecule has 0 unspecified atom stereocenters. The van der Waals surface area contributed by atoms with Gasteiger partial charge in [-0.25, -0.2) is 4.79 Å². The highest BCUT2D eigenvalue weighted by atomic mass is 32.1. The standard InChI is InChI=1S/C16H16N2O4S/c1-3-8-18-14(19)12-13(23-16(18)21)11(15(20)22-4-2)10-7-5-6-9-17(10)12/h5-7,9H,3-4,8H2,1-2H3. The molecule has 0 aliphatic carbocycles. The number of carbonyl (C=O) groups is 1. The van der Waals surface area contributed by atoms with Crippen LogP contribution < -0.4 is 10.4 Å². The summed E-state index contributed by atoms with van der Waals surface area (Å²) in [5.74, 6) is -0.519. The Balaban J connectivity index is 2.50. The van der Waals surface area contributed by atoms with Gasteiger partial charge in [0.2, 0.25) is 0 Å².